The molecular formula is C30H48O4. The zero-order valence-electron chi connectivity index (χ0n) is 22.6. The van der Waals surface area contributed by atoms with Gasteiger partial charge in [0.15, 0.2) is 5.79 Å². The first-order valence-corrected chi connectivity index (χ1v) is 14.0. The van der Waals surface area contributed by atoms with Gasteiger partial charge in [-0.1, -0.05) is 60.1 Å². The molecule has 0 aromatic rings. The number of rotatable bonds is 1. The van der Waals surface area contributed by atoms with Crippen molar-refractivity contribution in [3.63, 3.8) is 0 Å². The standard InChI is InChI=1S/C30H48O4/c1-18-10-13-29(24(31)32)16-15-27(6)20(23(29)19(18)2)8-9-22-26(5)14-17-30(33,34)25(3,4)21(26)11-12-28(22,27)7/h8,18-19,21-23,33-34H,9-17H2,1-7H3,(H,31,32)/t18-,19+,21?,22-,23-,26+,27-,28-,29+/m1/s1. The average Bonchev–Trinajstić information content (AvgIpc) is 2.74. The molecule has 0 heterocycles. The number of hydrogen-bond acceptors (Lipinski definition) is 3. The van der Waals surface area contributed by atoms with Gasteiger partial charge in [0.1, 0.15) is 0 Å². The van der Waals surface area contributed by atoms with E-state index >= 15 is 0 Å². The lowest BCUT2D eigenvalue weighted by Crippen LogP contribution is -2.67. The Labute approximate surface area is 206 Å². The normalized spacial score (nSPS) is 53.4. The number of aliphatic carboxylic acids is 1. The summed E-state index contributed by atoms with van der Waals surface area (Å²) < 4.78 is 0. The summed E-state index contributed by atoms with van der Waals surface area (Å²) in [7, 11) is 0. The topological polar surface area (TPSA) is 77.8 Å². The van der Waals surface area contributed by atoms with Gasteiger partial charge in [-0.25, -0.2) is 0 Å². The Morgan fingerprint density at radius 1 is 0.882 bits per heavy atom. The minimum atomic E-state index is -1.61. The van der Waals surface area contributed by atoms with Crippen LogP contribution in [-0.2, 0) is 4.79 Å². The fourth-order valence-corrected chi connectivity index (χ4v) is 10.8. The van der Waals surface area contributed by atoms with E-state index in [0.29, 0.717) is 24.2 Å². The van der Waals surface area contributed by atoms with Gasteiger partial charge in [-0.15, -0.1) is 0 Å². The molecule has 9 atom stereocenters. The lowest BCUT2D eigenvalue weighted by Gasteiger charge is -2.71. The van der Waals surface area contributed by atoms with Crippen molar-refractivity contribution < 1.29 is 20.1 Å². The highest BCUT2D eigenvalue weighted by Crippen LogP contribution is 2.76. The van der Waals surface area contributed by atoms with Gasteiger partial charge in [-0.3, -0.25) is 4.79 Å². The Bertz CT molecular complexity index is 919. The summed E-state index contributed by atoms with van der Waals surface area (Å²) in [4.78, 5) is 12.8. The molecule has 4 heteroatoms. The van der Waals surface area contributed by atoms with Crippen molar-refractivity contribution in [3.8, 4) is 0 Å². The Balaban J connectivity index is 1.61. The highest BCUT2D eigenvalue weighted by Gasteiger charge is 2.70. The summed E-state index contributed by atoms with van der Waals surface area (Å²) in [5.41, 5.74) is 0.509. The third-order valence-corrected chi connectivity index (χ3v) is 13.6. The van der Waals surface area contributed by atoms with Crippen molar-refractivity contribution in [3.05, 3.63) is 11.6 Å². The van der Waals surface area contributed by atoms with Crippen LogP contribution in [0, 0.1) is 56.7 Å². The summed E-state index contributed by atoms with van der Waals surface area (Å²) in [5, 5.41) is 32.3. The molecule has 3 N–H and O–H groups in total. The second kappa shape index (κ2) is 7.12. The van der Waals surface area contributed by atoms with Crippen LogP contribution in [0.1, 0.15) is 106 Å². The van der Waals surface area contributed by atoms with Crippen LogP contribution in [0.5, 0.6) is 0 Å². The molecule has 4 saturated carbocycles. The van der Waals surface area contributed by atoms with Gasteiger partial charge in [-0.05, 0) is 97.2 Å². The zero-order chi connectivity index (χ0) is 25.1. The van der Waals surface area contributed by atoms with Crippen LogP contribution in [0.25, 0.3) is 0 Å². The van der Waals surface area contributed by atoms with E-state index in [4.69, 9.17) is 0 Å². The van der Waals surface area contributed by atoms with Crippen LogP contribution < -0.4 is 0 Å². The number of allylic oxidation sites excluding steroid dienone is 2. The van der Waals surface area contributed by atoms with Gasteiger partial charge in [0.05, 0.1) is 5.41 Å². The molecule has 0 bridgehead atoms. The van der Waals surface area contributed by atoms with Crippen molar-refractivity contribution in [2.24, 2.45) is 56.7 Å². The van der Waals surface area contributed by atoms with Gasteiger partial charge in [0.25, 0.3) is 0 Å². The number of carbonyl (C=O) groups is 1. The third-order valence-electron chi connectivity index (χ3n) is 13.6. The van der Waals surface area contributed by atoms with E-state index in [0.717, 1.165) is 51.4 Å². The fourth-order valence-electron chi connectivity index (χ4n) is 10.8. The first-order valence-electron chi connectivity index (χ1n) is 14.0. The molecule has 5 rings (SSSR count). The second-order valence-electron chi connectivity index (χ2n) is 14.6. The largest absolute Gasteiger partial charge is 0.481 e. The van der Waals surface area contributed by atoms with E-state index in [1.165, 1.54) is 5.57 Å². The van der Waals surface area contributed by atoms with E-state index in [1.54, 1.807) is 0 Å². The molecule has 0 saturated heterocycles. The first kappa shape index (κ1) is 24.8. The SMILES string of the molecule is C[C@H]1[C@H](C)CC[C@]2(C(=O)O)CC[C@]3(C)C(=CC[C@@H]4[C@@]5(C)CCC(O)(O)C(C)(C)C5CC[C@]43C)[C@@H]12. The predicted molar refractivity (Wildman–Crippen MR) is 134 cm³/mol. The fraction of sp³-hybridized carbons (Fsp3) is 0.900. The number of aliphatic hydroxyl groups is 2. The van der Waals surface area contributed by atoms with Crippen LogP contribution in [-0.4, -0.2) is 27.1 Å². The number of carboxylic acid groups (broad SMARTS) is 1. The molecule has 0 spiro atoms. The summed E-state index contributed by atoms with van der Waals surface area (Å²) in [5.74, 6) is -0.335. The quantitative estimate of drug-likeness (QED) is 0.304. The summed E-state index contributed by atoms with van der Waals surface area (Å²) >= 11 is 0. The van der Waals surface area contributed by atoms with Gasteiger partial charge in [0, 0.05) is 11.8 Å². The van der Waals surface area contributed by atoms with Crippen molar-refractivity contribution in [1.29, 1.82) is 0 Å². The van der Waals surface area contributed by atoms with E-state index in [2.05, 4.69) is 54.5 Å². The van der Waals surface area contributed by atoms with Crippen LogP contribution in [0.4, 0.5) is 0 Å². The van der Waals surface area contributed by atoms with Crippen molar-refractivity contribution >= 4 is 5.97 Å². The van der Waals surface area contributed by atoms with Crippen LogP contribution >= 0.6 is 0 Å². The van der Waals surface area contributed by atoms with Gasteiger partial charge in [0.2, 0.25) is 0 Å². The molecule has 34 heavy (non-hydrogen) atoms. The predicted octanol–water partition coefficient (Wildman–Crippen LogP) is 6.41. The first-order chi connectivity index (χ1) is 15.6. The minimum Gasteiger partial charge on any atom is -0.481 e. The number of hydrogen-bond donors (Lipinski definition) is 3. The lowest BCUT2D eigenvalue weighted by atomic mass is 9.33. The molecular weight excluding hydrogens is 424 g/mol. The third kappa shape index (κ3) is 2.71. The molecule has 5 aliphatic carbocycles. The Kier molecular flexibility index (Phi) is 5.20. The Hall–Kier alpha value is -0.870. The highest BCUT2D eigenvalue weighted by molar-refractivity contribution is 5.76. The van der Waals surface area contributed by atoms with Crippen LogP contribution in [0.2, 0.25) is 0 Å². The second-order valence-corrected chi connectivity index (χ2v) is 14.6. The van der Waals surface area contributed by atoms with Crippen molar-refractivity contribution in [1.82, 2.24) is 0 Å². The van der Waals surface area contributed by atoms with Crippen LogP contribution in [0.3, 0.4) is 0 Å². The van der Waals surface area contributed by atoms with E-state index in [9.17, 15) is 20.1 Å². The van der Waals surface area contributed by atoms with Gasteiger partial charge in [-0.2, -0.15) is 0 Å². The lowest BCUT2D eigenvalue weighted by molar-refractivity contribution is -0.311. The monoisotopic (exact) mass is 472 g/mol. The maximum absolute atomic E-state index is 12.8. The molecule has 0 radical (unpaired) electrons. The molecule has 1 unspecified atom stereocenters. The minimum absolute atomic E-state index is 0.00986. The molecule has 0 aromatic carbocycles. The smallest absolute Gasteiger partial charge is 0.310 e. The molecule has 4 nitrogen and oxygen atoms in total. The number of carboxylic acids is 1. The molecule has 0 amide bonds. The summed E-state index contributed by atoms with van der Waals surface area (Å²) in [6.45, 7) is 16.2. The maximum Gasteiger partial charge on any atom is 0.310 e. The summed E-state index contributed by atoms with van der Waals surface area (Å²) in [6.07, 6.45) is 10.5. The molecule has 0 aromatic heterocycles. The molecule has 5 aliphatic rings. The number of fused-ring (bicyclic) bond motifs is 7. The van der Waals surface area contributed by atoms with E-state index < -0.39 is 22.6 Å². The molecule has 192 valence electrons. The van der Waals surface area contributed by atoms with Gasteiger partial charge < -0.3 is 15.3 Å². The van der Waals surface area contributed by atoms with Crippen molar-refractivity contribution in [2.75, 3.05) is 0 Å². The molecule has 0 aliphatic heterocycles. The maximum atomic E-state index is 12.8. The Morgan fingerprint density at radius 2 is 1.56 bits per heavy atom. The average molecular weight is 473 g/mol. The van der Waals surface area contributed by atoms with Crippen molar-refractivity contribution in [2.45, 2.75) is 112 Å². The van der Waals surface area contributed by atoms with E-state index in [-0.39, 0.29) is 28.1 Å². The molecule has 4 fully saturated rings. The van der Waals surface area contributed by atoms with Crippen LogP contribution in [0.15, 0.2) is 11.6 Å². The van der Waals surface area contributed by atoms with Gasteiger partial charge >= 0.3 is 5.97 Å². The Morgan fingerprint density at radius 3 is 2.21 bits per heavy atom. The summed E-state index contributed by atoms with van der Waals surface area (Å²) in [6, 6.07) is 0. The zero-order valence-corrected chi connectivity index (χ0v) is 22.6. The van der Waals surface area contributed by atoms with E-state index in [1.807, 2.05) is 0 Å². The highest BCUT2D eigenvalue weighted by atomic mass is 16.5.